The summed E-state index contributed by atoms with van der Waals surface area (Å²) in [6.45, 7) is 1.71. The Morgan fingerprint density at radius 3 is 2.88 bits per heavy atom. The van der Waals surface area contributed by atoms with E-state index in [0.29, 0.717) is 10.0 Å². The Kier molecular flexibility index (Phi) is 5.78. The lowest BCUT2D eigenvalue weighted by atomic mass is 10.2. The van der Waals surface area contributed by atoms with Crippen molar-refractivity contribution in [2.24, 2.45) is 7.05 Å². The number of nitrogens with two attached hydrogens (primary N) is 1. The van der Waals surface area contributed by atoms with Gasteiger partial charge in [-0.2, -0.15) is 0 Å². The second kappa shape index (κ2) is 8.02. The van der Waals surface area contributed by atoms with Gasteiger partial charge in [0.15, 0.2) is 5.76 Å². The Morgan fingerprint density at radius 2 is 2.12 bits per heavy atom. The molecule has 0 aliphatic rings. The molecule has 6 nitrogen and oxygen atoms in total. The molecule has 3 rings (SSSR count). The van der Waals surface area contributed by atoms with E-state index in [-0.39, 0.29) is 0 Å². The van der Waals surface area contributed by atoms with E-state index in [9.17, 15) is 0 Å². The summed E-state index contributed by atoms with van der Waals surface area (Å²) in [5, 5.41) is 15.5. The molecule has 2 N–H and O–H groups in total. The van der Waals surface area contributed by atoms with Gasteiger partial charge in [-0.05, 0) is 40.8 Å². The molecule has 0 fully saturated rings. The summed E-state index contributed by atoms with van der Waals surface area (Å²) in [6.07, 6.45) is 0. The lowest BCUT2D eigenvalue weighted by Crippen LogP contribution is -2.83. The lowest BCUT2D eigenvalue weighted by molar-refractivity contribution is -0.668. The highest BCUT2D eigenvalue weighted by molar-refractivity contribution is 7.99. The molecule has 0 aliphatic carbocycles. The minimum Gasteiger partial charge on any atom is -0.455 e. The molecule has 2 aromatic heterocycles. The fourth-order valence-corrected chi connectivity index (χ4v) is 3.43. The van der Waals surface area contributed by atoms with Crippen molar-refractivity contribution < 1.29 is 9.73 Å². The highest BCUT2D eigenvalue weighted by Gasteiger charge is 2.10. The van der Waals surface area contributed by atoms with E-state index in [1.807, 2.05) is 25.2 Å². The third kappa shape index (κ3) is 4.30. The fourth-order valence-electron chi connectivity index (χ4n) is 2.14. The quantitative estimate of drug-likeness (QED) is 0.500. The van der Waals surface area contributed by atoms with Gasteiger partial charge in [0.25, 0.3) is 0 Å². The molecule has 0 saturated heterocycles. The van der Waals surface area contributed by atoms with Crippen LogP contribution in [0.25, 0.3) is 11.3 Å². The van der Waals surface area contributed by atoms with Gasteiger partial charge in [-0.1, -0.05) is 35.0 Å². The standard InChI is InChI=1S/C15H15Cl2N5OS/c1-22-15(19-20-21-22)24-7-6-18-9-11-3-5-14(23-11)12-4-2-10(16)8-13(12)17/h2-5,8,18H,6-7,9H2,1H3/p+1. The van der Waals surface area contributed by atoms with E-state index in [2.05, 4.69) is 20.8 Å². The third-order valence-electron chi connectivity index (χ3n) is 3.34. The smallest absolute Gasteiger partial charge is 0.209 e. The summed E-state index contributed by atoms with van der Waals surface area (Å²) in [5.74, 6) is 2.58. The van der Waals surface area contributed by atoms with Crippen molar-refractivity contribution in [3.63, 3.8) is 0 Å². The van der Waals surface area contributed by atoms with Crippen molar-refractivity contribution in [3.8, 4) is 11.3 Å². The number of hydrogen-bond acceptors (Lipinski definition) is 5. The molecule has 1 aromatic carbocycles. The first-order valence-corrected chi connectivity index (χ1v) is 9.08. The number of hydrogen-bond donors (Lipinski definition) is 1. The monoisotopic (exact) mass is 384 g/mol. The molecule has 2 heterocycles. The predicted octanol–water partition coefficient (Wildman–Crippen LogP) is 2.63. The van der Waals surface area contributed by atoms with Crippen LogP contribution in [0.1, 0.15) is 5.76 Å². The summed E-state index contributed by atoms with van der Waals surface area (Å²) in [4.78, 5) is 0. The average Bonchev–Trinajstić information content (AvgIpc) is 3.17. The molecule has 0 atom stereocenters. The number of quaternary nitrogens is 1. The Labute approximate surface area is 153 Å². The molecule has 0 saturated carbocycles. The minimum absolute atomic E-state index is 0.584. The van der Waals surface area contributed by atoms with Crippen LogP contribution in [0, 0.1) is 0 Å². The van der Waals surface area contributed by atoms with E-state index in [0.717, 1.165) is 41.1 Å². The van der Waals surface area contributed by atoms with Gasteiger partial charge in [-0.15, -0.1) is 5.10 Å². The number of rotatable bonds is 7. The first kappa shape index (κ1) is 17.3. The molecular formula is C15H16Cl2N5OS+. The van der Waals surface area contributed by atoms with Gasteiger partial charge in [0.2, 0.25) is 5.16 Å². The molecule has 0 spiro atoms. The maximum atomic E-state index is 6.21. The third-order valence-corrected chi connectivity index (χ3v) is 4.93. The van der Waals surface area contributed by atoms with Gasteiger partial charge in [-0.3, -0.25) is 0 Å². The van der Waals surface area contributed by atoms with Crippen LogP contribution < -0.4 is 5.32 Å². The first-order chi connectivity index (χ1) is 11.6. The van der Waals surface area contributed by atoms with Crippen molar-refractivity contribution >= 4 is 35.0 Å². The Hall–Kier alpha value is -1.54. The fraction of sp³-hybridized carbons (Fsp3) is 0.267. The second-order valence-corrected chi connectivity index (χ2v) is 7.01. The van der Waals surface area contributed by atoms with Crippen LogP contribution in [-0.2, 0) is 13.6 Å². The van der Waals surface area contributed by atoms with Crippen LogP contribution >= 0.6 is 35.0 Å². The van der Waals surface area contributed by atoms with Crippen molar-refractivity contribution in [2.75, 3.05) is 12.3 Å². The van der Waals surface area contributed by atoms with Crippen molar-refractivity contribution in [2.45, 2.75) is 11.7 Å². The first-order valence-electron chi connectivity index (χ1n) is 7.34. The predicted molar refractivity (Wildman–Crippen MR) is 94.2 cm³/mol. The molecule has 0 radical (unpaired) electrons. The van der Waals surface area contributed by atoms with Crippen LogP contribution in [0.2, 0.25) is 10.0 Å². The van der Waals surface area contributed by atoms with Crippen molar-refractivity contribution in [1.82, 2.24) is 20.2 Å². The van der Waals surface area contributed by atoms with E-state index in [1.54, 1.807) is 28.6 Å². The largest absolute Gasteiger partial charge is 0.455 e. The zero-order valence-electron chi connectivity index (χ0n) is 12.9. The molecule has 24 heavy (non-hydrogen) atoms. The van der Waals surface area contributed by atoms with Crippen LogP contribution in [0.5, 0.6) is 0 Å². The summed E-state index contributed by atoms with van der Waals surface area (Å²) >= 11 is 13.8. The van der Waals surface area contributed by atoms with Gasteiger partial charge < -0.3 is 9.73 Å². The molecule has 0 bridgehead atoms. The minimum atomic E-state index is 0.584. The summed E-state index contributed by atoms with van der Waals surface area (Å²) in [6, 6.07) is 9.28. The highest BCUT2D eigenvalue weighted by atomic mass is 35.5. The number of tetrazole rings is 1. The summed E-state index contributed by atoms with van der Waals surface area (Å²) < 4.78 is 7.53. The SMILES string of the molecule is Cn1nnnc1SCC[NH2+]Cc1ccc(-c2ccc(Cl)cc2Cl)o1. The van der Waals surface area contributed by atoms with E-state index < -0.39 is 0 Å². The number of benzene rings is 1. The lowest BCUT2D eigenvalue weighted by Gasteiger charge is -2.02. The average molecular weight is 385 g/mol. The van der Waals surface area contributed by atoms with Crippen LogP contribution in [0.4, 0.5) is 0 Å². The van der Waals surface area contributed by atoms with Gasteiger partial charge in [-0.25, -0.2) is 4.68 Å². The maximum absolute atomic E-state index is 6.21. The van der Waals surface area contributed by atoms with Crippen molar-refractivity contribution in [1.29, 1.82) is 0 Å². The van der Waals surface area contributed by atoms with E-state index in [4.69, 9.17) is 27.6 Å². The normalized spacial score (nSPS) is 11.1. The van der Waals surface area contributed by atoms with Gasteiger partial charge in [0.05, 0.1) is 17.3 Å². The van der Waals surface area contributed by atoms with E-state index in [1.165, 1.54) is 0 Å². The number of thioether (sulfide) groups is 1. The van der Waals surface area contributed by atoms with Crippen LogP contribution in [0.3, 0.4) is 0 Å². The maximum Gasteiger partial charge on any atom is 0.209 e. The Bertz CT molecular complexity index is 820. The van der Waals surface area contributed by atoms with Crippen LogP contribution in [-0.4, -0.2) is 32.5 Å². The van der Waals surface area contributed by atoms with Gasteiger partial charge in [0.1, 0.15) is 12.3 Å². The second-order valence-electron chi connectivity index (χ2n) is 5.11. The highest BCUT2D eigenvalue weighted by Crippen LogP contribution is 2.31. The van der Waals surface area contributed by atoms with E-state index >= 15 is 0 Å². The zero-order valence-corrected chi connectivity index (χ0v) is 15.3. The number of furan rings is 1. The molecule has 3 aromatic rings. The van der Waals surface area contributed by atoms with Gasteiger partial charge >= 0.3 is 0 Å². The molecule has 0 aliphatic heterocycles. The molecule has 9 heteroatoms. The number of aryl methyl sites for hydroxylation is 1. The number of nitrogens with zero attached hydrogens (tertiary/aromatic N) is 4. The molecule has 0 amide bonds. The summed E-state index contributed by atoms with van der Waals surface area (Å²) in [5.41, 5.74) is 0.845. The number of aromatic nitrogens is 4. The Balaban J connectivity index is 1.48. The van der Waals surface area contributed by atoms with Crippen molar-refractivity contribution in [3.05, 3.63) is 46.1 Å². The topological polar surface area (TPSA) is 73.3 Å². The molecule has 0 unspecified atom stereocenters. The Morgan fingerprint density at radius 1 is 1.25 bits per heavy atom. The number of halogens is 2. The van der Waals surface area contributed by atoms with Gasteiger partial charge in [0, 0.05) is 17.6 Å². The van der Waals surface area contributed by atoms with Crippen LogP contribution in [0.15, 0.2) is 39.9 Å². The molecular weight excluding hydrogens is 369 g/mol. The summed E-state index contributed by atoms with van der Waals surface area (Å²) in [7, 11) is 1.83. The molecule has 126 valence electrons. The zero-order chi connectivity index (χ0) is 16.9.